The summed E-state index contributed by atoms with van der Waals surface area (Å²) in [6.07, 6.45) is 6.89. The molecule has 0 aromatic carbocycles. The zero-order valence-corrected chi connectivity index (χ0v) is 7.70. The van der Waals surface area contributed by atoms with Crippen LogP contribution in [0.15, 0.2) is 30.7 Å². The second-order valence-corrected chi connectivity index (χ2v) is 3.01. The van der Waals surface area contributed by atoms with Crippen LogP contribution in [0.1, 0.15) is 13.3 Å². The molecule has 0 saturated heterocycles. The van der Waals surface area contributed by atoms with E-state index in [-0.39, 0.29) is 0 Å². The van der Waals surface area contributed by atoms with Gasteiger partial charge in [0.15, 0.2) is 5.65 Å². The molecule has 0 saturated carbocycles. The van der Waals surface area contributed by atoms with E-state index in [4.69, 9.17) is 0 Å². The number of fused-ring (bicyclic) bond motifs is 1. The van der Waals surface area contributed by atoms with Crippen molar-refractivity contribution in [3.8, 4) is 0 Å². The van der Waals surface area contributed by atoms with Crippen LogP contribution in [0.2, 0.25) is 0 Å². The molecule has 0 unspecified atom stereocenters. The van der Waals surface area contributed by atoms with Gasteiger partial charge in [-0.05, 0) is 18.6 Å². The number of pyridine rings is 1. The first-order chi connectivity index (χ1) is 6.42. The molecule has 2 aromatic rings. The predicted molar refractivity (Wildman–Crippen MR) is 54.0 cm³/mol. The van der Waals surface area contributed by atoms with Crippen molar-refractivity contribution in [3.63, 3.8) is 0 Å². The Bertz CT molecular complexity index is 392. The first-order valence-electron chi connectivity index (χ1n) is 4.57. The summed E-state index contributed by atoms with van der Waals surface area (Å²) in [5, 5.41) is 3.34. The highest BCUT2D eigenvalue weighted by molar-refractivity contribution is 5.67. The summed E-state index contributed by atoms with van der Waals surface area (Å²) >= 11 is 0. The van der Waals surface area contributed by atoms with Crippen molar-refractivity contribution in [2.75, 3.05) is 11.9 Å². The van der Waals surface area contributed by atoms with E-state index in [9.17, 15) is 0 Å². The van der Waals surface area contributed by atoms with E-state index in [0.29, 0.717) is 0 Å². The van der Waals surface area contributed by atoms with Gasteiger partial charge in [0, 0.05) is 25.1 Å². The summed E-state index contributed by atoms with van der Waals surface area (Å²) in [5.74, 6) is 0. The Kier molecular flexibility index (Phi) is 2.17. The van der Waals surface area contributed by atoms with E-state index in [0.717, 1.165) is 24.3 Å². The Balaban J connectivity index is 2.37. The Hall–Kier alpha value is -1.51. The van der Waals surface area contributed by atoms with Gasteiger partial charge in [0.05, 0.1) is 5.69 Å². The highest BCUT2D eigenvalue weighted by Gasteiger charge is 1.99. The highest BCUT2D eigenvalue weighted by Crippen LogP contribution is 2.13. The van der Waals surface area contributed by atoms with Gasteiger partial charge in [0.25, 0.3) is 0 Å². The smallest absolute Gasteiger partial charge is 0.160 e. The monoisotopic (exact) mass is 175 g/mol. The lowest BCUT2D eigenvalue weighted by atomic mass is 10.3. The summed E-state index contributed by atoms with van der Waals surface area (Å²) in [5.41, 5.74) is 2.10. The summed E-state index contributed by atoms with van der Waals surface area (Å²) in [4.78, 5) is 4.27. The molecule has 0 atom stereocenters. The van der Waals surface area contributed by atoms with Crippen LogP contribution in [0.3, 0.4) is 0 Å². The first-order valence-corrected chi connectivity index (χ1v) is 4.57. The van der Waals surface area contributed by atoms with E-state index in [1.165, 1.54) is 0 Å². The average molecular weight is 175 g/mol. The van der Waals surface area contributed by atoms with Gasteiger partial charge >= 0.3 is 0 Å². The molecular weight excluding hydrogens is 162 g/mol. The fraction of sp³-hybridized carbons (Fsp3) is 0.300. The molecule has 0 aliphatic carbocycles. The maximum absolute atomic E-state index is 4.27. The number of nitrogens with zero attached hydrogens (tertiary/aromatic N) is 2. The largest absolute Gasteiger partial charge is 0.382 e. The maximum Gasteiger partial charge on any atom is 0.160 e. The van der Waals surface area contributed by atoms with E-state index in [1.807, 2.05) is 29.1 Å². The van der Waals surface area contributed by atoms with Gasteiger partial charge in [-0.25, -0.2) is 4.98 Å². The molecule has 0 spiro atoms. The number of hydrogen-bond acceptors (Lipinski definition) is 2. The number of hydrogen-bond donors (Lipinski definition) is 1. The van der Waals surface area contributed by atoms with Crippen molar-refractivity contribution >= 4 is 11.3 Å². The summed E-state index contributed by atoms with van der Waals surface area (Å²) in [6.45, 7) is 3.14. The molecular formula is C10H13N3. The first kappa shape index (κ1) is 8.10. The van der Waals surface area contributed by atoms with E-state index in [2.05, 4.69) is 23.3 Å². The minimum Gasteiger partial charge on any atom is -0.382 e. The molecule has 0 aliphatic heterocycles. The van der Waals surface area contributed by atoms with E-state index >= 15 is 0 Å². The second kappa shape index (κ2) is 3.47. The third-order valence-corrected chi connectivity index (χ3v) is 1.98. The third-order valence-electron chi connectivity index (χ3n) is 1.98. The Morgan fingerprint density at radius 1 is 1.46 bits per heavy atom. The molecule has 3 heteroatoms. The van der Waals surface area contributed by atoms with Crippen molar-refractivity contribution in [1.82, 2.24) is 9.38 Å². The van der Waals surface area contributed by atoms with Crippen LogP contribution in [0.5, 0.6) is 0 Å². The van der Waals surface area contributed by atoms with Gasteiger partial charge in [-0.1, -0.05) is 6.92 Å². The minimum absolute atomic E-state index is 0.993. The molecule has 2 rings (SSSR count). The van der Waals surface area contributed by atoms with Crippen molar-refractivity contribution in [2.45, 2.75) is 13.3 Å². The second-order valence-electron chi connectivity index (χ2n) is 3.01. The molecule has 0 radical (unpaired) electrons. The van der Waals surface area contributed by atoms with Gasteiger partial charge < -0.3 is 9.72 Å². The van der Waals surface area contributed by atoms with Crippen LogP contribution < -0.4 is 5.32 Å². The lowest BCUT2D eigenvalue weighted by molar-refractivity contribution is 0.978. The fourth-order valence-corrected chi connectivity index (χ4v) is 1.35. The average Bonchev–Trinajstić information content (AvgIpc) is 2.62. The summed E-state index contributed by atoms with van der Waals surface area (Å²) in [7, 11) is 0. The zero-order valence-electron chi connectivity index (χ0n) is 7.70. The topological polar surface area (TPSA) is 29.3 Å². The molecule has 1 N–H and O–H groups in total. The van der Waals surface area contributed by atoms with Crippen LogP contribution in [0.25, 0.3) is 5.65 Å². The molecule has 2 heterocycles. The number of rotatable bonds is 3. The van der Waals surface area contributed by atoms with E-state index in [1.54, 1.807) is 0 Å². The van der Waals surface area contributed by atoms with Crippen molar-refractivity contribution in [1.29, 1.82) is 0 Å². The number of aromatic nitrogens is 2. The van der Waals surface area contributed by atoms with Gasteiger partial charge in [0.2, 0.25) is 0 Å². The predicted octanol–water partition coefficient (Wildman–Crippen LogP) is 2.16. The Morgan fingerprint density at radius 2 is 2.38 bits per heavy atom. The molecule has 0 bridgehead atoms. The van der Waals surface area contributed by atoms with E-state index < -0.39 is 0 Å². The van der Waals surface area contributed by atoms with Gasteiger partial charge in [-0.2, -0.15) is 0 Å². The normalized spacial score (nSPS) is 10.5. The van der Waals surface area contributed by atoms with Crippen LogP contribution in [0, 0.1) is 0 Å². The quantitative estimate of drug-likeness (QED) is 0.774. The van der Waals surface area contributed by atoms with Gasteiger partial charge in [-0.15, -0.1) is 0 Å². The number of anilines is 1. The van der Waals surface area contributed by atoms with Gasteiger partial charge in [-0.3, -0.25) is 0 Å². The minimum atomic E-state index is 0.993. The van der Waals surface area contributed by atoms with Crippen molar-refractivity contribution in [3.05, 3.63) is 30.7 Å². The standard InChI is InChI=1S/C10H13N3/c1-2-5-11-9-4-3-7-13-8-6-12-10(9)13/h3-4,6-8,11H,2,5H2,1H3. The molecule has 68 valence electrons. The Labute approximate surface area is 77.4 Å². The molecule has 0 amide bonds. The fourth-order valence-electron chi connectivity index (χ4n) is 1.35. The van der Waals surface area contributed by atoms with Crippen molar-refractivity contribution in [2.24, 2.45) is 0 Å². The summed E-state index contributed by atoms with van der Waals surface area (Å²) < 4.78 is 2.01. The lowest BCUT2D eigenvalue weighted by Crippen LogP contribution is -2.01. The molecule has 0 fully saturated rings. The SMILES string of the molecule is CCCNc1cccn2ccnc12. The number of imidazole rings is 1. The molecule has 0 aliphatic rings. The van der Waals surface area contributed by atoms with Crippen LogP contribution >= 0.6 is 0 Å². The van der Waals surface area contributed by atoms with Crippen LogP contribution in [-0.4, -0.2) is 15.9 Å². The maximum atomic E-state index is 4.27. The Morgan fingerprint density at radius 3 is 3.23 bits per heavy atom. The zero-order chi connectivity index (χ0) is 9.10. The molecule has 2 aromatic heterocycles. The van der Waals surface area contributed by atoms with Crippen molar-refractivity contribution < 1.29 is 0 Å². The molecule has 3 nitrogen and oxygen atoms in total. The van der Waals surface area contributed by atoms with Crippen LogP contribution in [-0.2, 0) is 0 Å². The molecule has 13 heavy (non-hydrogen) atoms. The third kappa shape index (κ3) is 1.49. The highest BCUT2D eigenvalue weighted by atomic mass is 15.0. The van der Waals surface area contributed by atoms with Crippen LogP contribution in [0.4, 0.5) is 5.69 Å². The summed E-state index contributed by atoms with van der Waals surface area (Å²) in [6, 6.07) is 4.07. The van der Waals surface area contributed by atoms with Gasteiger partial charge in [0.1, 0.15) is 0 Å². The lowest BCUT2D eigenvalue weighted by Gasteiger charge is -2.05. The number of nitrogens with one attached hydrogen (secondary N) is 1.